The number of hydrogen-bond donors (Lipinski definition) is 2. The van der Waals surface area contributed by atoms with Crippen molar-refractivity contribution in [1.29, 1.82) is 0 Å². The maximum absolute atomic E-state index is 14.2. The fraction of sp³-hybridized carbons (Fsp3) is 0.323. The van der Waals surface area contributed by atoms with Gasteiger partial charge in [-0.3, -0.25) is 19.2 Å². The Kier molecular flexibility index (Phi) is 8.29. The zero-order valence-corrected chi connectivity index (χ0v) is 22.6. The van der Waals surface area contributed by atoms with Crippen LogP contribution in [0.3, 0.4) is 0 Å². The highest BCUT2D eigenvalue weighted by molar-refractivity contribution is 6.30. The molecule has 2 N–H and O–H groups in total. The molecule has 3 aromatic carbocycles. The third-order valence-electron chi connectivity index (χ3n) is 7.60. The van der Waals surface area contributed by atoms with Crippen molar-refractivity contribution >= 4 is 29.3 Å². The highest BCUT2D eigenvalue weighted by atomic mass is 35.5. The first-order valence-corrected chi connectivity index (χ1v) is 13.7. The van der Waals surface area contributed by atoms with Gasteiger partial charge in [0.1, 0.15) is 0 Å². The summed E-state index contributed by atoms with van der Waals surface area (Å²) in [5, 5.41) is 3.64. The molecule has 1 aliphatic heterocycles. The average molecular weight is 546 g/mol. The number of rotatable bonds is 7. The van der Waals surface area contributed by atoms with Gasteiger partial charge in [-0.2, -0.15) is 0 Å². The predicted octanol–water partition coefficient (Wildman–Crippen LogP) is 5.32. The van der Waals surface area contributed by atoms with Crippen LogP contribution in [0.25, 0.3) is 0 Å². The van der Waals surface area contributed by atoms with E-state index in [0.29, 0.717) is 16.1 Å². The summed E-state index contributed by atoms with van der Waals surface area (Å²) in [6.45, 7) is 1.71. The highest BCUT2D eigenvalue weighted by Gasteiger charge is 2.48. The Morgan fingerprint density at radius 1 is 0.949 bits per heavy atom. The summed E-state index contributed by atoms with van der Waals surface area (Å²) in [5.41, 5.74) is 5.50. The lowest BCUT2D eigenvalue weighted by molar-refractivity contribution is -0.138. The van der Waals surface area contributed by atoms with Crippen molar-refractivity contribution in [2.24, 2.45) is 0 Å². The van der Waals surface area contributed by atoms with Gasteiger partial charge in [-0.25, -0.2) is 5.48 Å². The molecule has 5 rings (SSSR count). The van der Waals surface area contributed by atoms with E-state index in [9.17, 15) is 14.4 Å². The van der Waals surface area contributed by atoms with E-state index < -0.39 is 12.0 Å². The number of amides is 3. The van der Waals surface area contributed by atoms with E-state index in [4.69, 9.17) is 16.4 Å². The molecule has 0 spiro atoms. The average Bonchev–Trinajstić information content (AvgIpc) is 2.94. The number of hydroxylamine groups is 1. The lowest BCUT2D eigenvalue weighted by Crippen LogP contribution is -2.59. The molecule has 1 saturated carbocycles. The van der Waals surface area contributed by atoms with E-state index in [0.717, 1.165) is 36.8 Å². The topological polar surface area (TPSA) is 87.7 Å². The molecule has 3 amide bonds. The number of halogens is 1. The van der Waals surface area contributed by atoms with Crippen LogP contribution in [0.2, 0.25) is 5.02 Å². The first kappa shape index (κ1) is 26.9. The van der Waals surface area contributed by atoms with Gasteiger partial charge in [-0.15, -0.1) is 0 Å². The molecule has 7 nitrogen and oxygen atoms in total. The summed E-state index contributed by atoms with van der Waals surface area (Å²) in [6.07, 6.45) is 3.38. The summed E-state index contributed by atoms with van der Waals surface area (Å²) in [5.74, 6) is -1.37. The maximum atomic E-state index is 14.2. The van der Waals surface area contributed by atoms with Gasteiger partial charge in [0.05, 0.1) is 24.6 Å². The van der Waals surface area contributed by atoms with E-state index in [1.165, 1.54) is 6.92 Å². The van der Waals surface area contributed by atoms with Gasteiger partial charge in [0.25, 0.3) is 11.8 Å². The van der Waals surface area contributed by atoms with E-state index in [-0.39, 0.29) is 36.4 Å². The van der Waals surface area contributed by atoms with Crippen LogP contribution in [0.5, 0.6) is 0 Å². The minimum atomic E-state index is -0.740. The smallest absolute Gasteiger partial charge is 0.255 e. The monoisotopic (exact) mass is 545 g/mol. The fourth-order valence-electron chi connectivity index (χ4n) is 5.92. The summed E-state index contributed by atoms with van der Waals surface area (Å²) < 4.78 is 0. The summed E-state index contributed by atoms with van der Waals surface area (Å²) in [4.78, 5) is 47.7. The van der Waals surface area contributed by atoms with Crippen LogP contribution in [0.15, 0.2) is 78.9 Å². The van der Waals surface area contributed by atoms with Gasteiger partial charge >= 0.3 is 0 Å². The summed E-state index contributed by atoms with van der Waals surface area (Å²) in [6, 6.07) is 23.0. The third kappa shape index (κ3) is 5.84. The molecule has 8 heteroatoms. The number of benzene rings is 3. The van der Waals surface area contributed by atoms with E-state index >= 15 is 0 Å². The van der Waals surface area contributed by atoms with Crippen molar-refractivity contribution in [3.8, 4) is 0 Å². The van der Waals surface area contributed by atoms with E-state index in [1.54, 1.807) is 18.2 Å². The van der Waals surface area contributed by atoms with Crippen LogP contribution in [0, 0.1) is 0 Å². The zero-order valence-electron chi connectivity index (χ0n) is 21.8. The van der Waals surface area contributed by atoms with Gasteiger partial charge in [-0.1, -0.05) is 85.1 Å². The van der Waals surface area contributed by atoms with Gasteiger partial charge in [0, 0.05) is 23.6 Å². The van der Waals surface area contributed by atoms with Crippen LogP contribution in [-0.2, 0) is 21.0 Å². The Hall–Kier alpha value is -3.68. The number of nitrogens with zero attached hydrogens (tertiary/aromatic N) is 1. The van der Waals surface area contributed by atoms with Crippen LogP contribution >= 0.6 is 11.6 Å². The molecule has 3 aromatic rings. The molecule has 2 aliphatic rings. The van der Waals surface area contributed by atoms with Gasteiger partial charge in [0.2, 0.25) is 5.91 Å². The Balaban J connectivity index is 1.56. The number of carbonyl (C=O) groups excluding carboxylic acids is 3. The second-order valence-corrected chi connectivity index (χ2v) is 10.6. The van der Waals surface area contributed by atoms with Gasteiger partial charge < -0.3 is 10.2 Å². The summed E-state index contributed by atoms with van der Waals surface area (Å²) in [7, 11) is 0. The van der Waals surface area contributed by atoms with E-state index in [1.807, 2.05) is 65.6 Å². The standard InChI is InChI=1S/C31H32ClN3O4/c1-20(36)33-26-13-7-8-14-27(26)35-29(22-15-17-23(32)18-16-22)28(24-11-5-6-12-25(24)31(35)38)30(37)34-39-19-21-9-3-2-4-10-21/h2-6,9-12,15-18,26-29H,7-8,13-14,19H2,1H3,(H,33,36)(H,34,37). The van der Waals surface area contributed by atoms with Crippen molar-refractivity contribution in [3.63, 3.8) is 0 Å². The summed E-state index contributed by atoms with van der Waals surface area (Å²) >= 11 is 6.22. The third-order valence-corrected chi connectivity index (χ3v) is 7.85. The second-order valence-electron chi connectivity index (χ2n) is 10.2. The molecule has 0 aromatic heterocycles. The molecular formula is C31H32ClN3O4. The highest BCUT2D eigenvalue weighted by Crippen LogP contribution is 2.46. The van der Waals surface area contributed by atoms with Crippen molar-refractivity contribution < 1.29 is 19.2 Å². The lowest BCUT2D eigenvalue weighted by Gasteiger charge is -2.49. The number of nitrogens with one attached hydrogen (secondary N) is 2. The first-order valence-electron chi connectivity index (χ1n) is 13.3. The Morgan fingerprint density at radius 3 is 2.38 bits per heavy atom. The molecule has 202 valence electrons. The molecule has 0 radical (unpaired) electrons. The second kappa shape index (κ2) is 12.0. The molecule has 0 saturated heterocycles. The predicted molar refractivity (Wildman–Crippen MR) is 149 cm³/mol. The molecule has 4 atom stereocenters. The Labute approximate surface area is 233 Å². The normalized spacial score (nSPS) is 22.6. The maximum Gasteiger partial charge on any atom is 0.255 e. The largest absolute Gasteiger partial charge is 0.352 e. The molecule has 0 bridgehead atoms. The Bertz CT molecular complexity index is 1330. The fourth-order valence-corrected chi connectivity index (χ4v) is 6.04. The minimum absolute atomic E-state index is 0.136. The van der Waals surface area contributed by atoms with Crippen LogP contribution in [0.1, 0.15) is 71.6 Å². The number of carbonyl (C=O) groups is 3. The molecule has 39 heavy (non-hydrogen) atoms. The zero-order chi connectivity index (χ0) is 27.4. The molecule has 1 aliphatic carbocycles. The van der Waals surface area contributed by atoms with Crippen molar-refractivity contribution in [2.75, 3.05) is 0 Å². The van der Waals surface area contributed by atoms with Gasteiger partial charge in [-0.05, 0) is 47.7 Å². The number of fused-ring (bicyclic) bond motifs is 1. The van der Waals surface area contributed by atoms with Crippen LogP contribution in [-0.4, -0.2) is 34.7 Å². The quantitative estimate of drug-likeness (QED) is 0.394. The van der Waals surface area contributed by atoms with Gasteiger partial charge in [0.15, 0.2) is 0 Å². The molecule has 1 heterocycles. The van der Waals surface area contributed by atoms with Crippen molar-refractivity contribution in [3.05, 3.63) is 106 Å². The van der Waals surface area contributed by atoms with Crippen molar-refractivity contribution in [1.82, 2.24) is 15.7 Å². The first-order chi connectivity index (χ1) is 18.9. The molecule has 1 fully saturated rings. The molecular weight excluding hydrogens is 514 g/mol. The van der Waals surface area contributed by atoms with Crippen LogP contribution in [0.4, 0.5) is 0 Å². The minimum Gasteiger partial charge on any atom is -0.352 e. The SMILES string of the molecule is CC(=O)NC1CCCCC1N1C(=O)c2ccccc2C(C(=O)NOCc2ccccc2)C1c1ccc(Cl)cc1. The van der Waals surface area contributed by atoms with E-state index in [2.05, 4.69) is 10.8 Å². The Morgan fingerprint density at radius 2 is 1.64 bits per heavy atom. The lowest BCUT2D eigenvalue weighted by atomic mass is 9.76. The van der Waals surface area contributed by atoms with Crippen molar-refractivity contribution in [2.45, 2.75) is 63.3 Å². The van der Waals surface area contributed by atoms with Crippen LogP contribution < -0.4 is 10.8 Å². The number of hydrogen-bond acceptors (Lipinski definition) is 4. The molecule has 4 unspecified atom stereocenters.